The molecule has 3 rings (SSSR count). The Morgan fingerprint density at radius 3 is 2.90 bits per heavy atom. The zero-order chi connectivity index (χ0) is 15.0. The number of para-hydroxylation sites is 2. The third kappa shape index (κ3) is 2.47. The van der Waals surface area contributed by atoms with Gasteiger partial charge in [-0.15, -0.1) is 11.3 Å². The molecule has 108 valence electrons. The Morgan fingerprint density at radius 2 is 2.19 bits per heavy atom. The lowest BCUT2D eigenvalue weighted by Crippen LogP contribution is -2.29. The number of nitrogens with zero attached hydrogens (tertiary/aromatic N) is 2. The predicted octanol–water partition coefficient (Wildman–Crippen LogP) is 2.56. The first kappa shape index (κ1) is 13.6. The molecule has 0 aliphatic carbocycles. The number of oxazole rings is 1. The van der Waals surface area contributed by atoms with Crippen LogP contribution in [0.5, 0.6) is 0 Å². The standard InChI is InChI=1S/C14H13N3O3S/c1-8-7-21-13(15-8)16-12(18)9(2)17-10-5-3-4-6-11(10)20-14(17)19/h3-7,9H,1-2H3,(H,15,16,18). The Kier molecular flexibility index (Phi) is 3.34. The fourth-order valence-electron chi connectivity index (χ4n) is 2.09. The zero-order valence-corrected chi connectivity index (χ0v) is 12.3. The summed E-state index contributed by atoms with van der Waals surface area (Å²) in [4.78, 5) is 28.4. The van der Waals surface area contributed by atoms with Gasteiger partial charge in [0.15, 0.2) is 10.7 Å². The van der Waals surface area contributed by atoms with Crippen LogP contribution >= 0.6 is 11.3 Å². The first-order valence-electron chi connectivity index (χ1n) is 6.39. The Labute approximate surface area is 124 Å². The van der Waals surface area contributed by atoms with E-state index in [0.29, 0.717) is 16.2 Å². The van der Waals surface area contributed by atoms with Crippen molar-refractivity contribution < 1.29 is 9.21 Å². The van der Waals surface area contributed by atoms with Crippen LogP contribution in [0.2, 0.25) is 0 Å². The van der Waals surface area contributed by atoms with Crippen molar-refractivity contribution in [2.45, 2.75) is 19.9 Å². The minimum atomic E-state index is -0.689. The van der Waals surface area contributed by atoms with Crippen LogP contribution in [0.4, 0.5) is 5.13 Å². The van der Waals surface area contributed by atoms with E-state index in [1.165, 1.54) is 15.9 Å². The monoisotopic (exact) mass is 303 g/mol. The Bertz CT molecular complexity index is 862. The SMILES string of the molecule is Cc1csc(NC(=O)C(C)n2c(=O)oc3ccccc32)n1. The molecule has 0 aliphatic rings. The lowest BCUT2D eigenvalue weighted by atomic mass is 10.2. The lowest BCUT2D eigenvalue weighted by molar-refractivity contribution is -0.118. The largest absolute Gasteiger partial charge is 0.420 e. The van der Waals surface area contributed by atoms with Crippen LogP contribution in [0.1, 0.15) is 18.7 Å². The van der Waals surface area contributed by atoms with Gasteiger partial charge < -0.3 is 9.73 Å². The van der Waals surface area contributed by atoms with Gasteiger partial charge in [-0.2, -0.15) is 0 Å². The molecule has 7 heteroatoms. The number of rotatable bonds is 3. The van der Waals surface area contributed by atoms with Gasteiger partial charge in [-0.25, -0.2) is 9.78 Å². The number of carbonyl (C=O) groups is 1. The number of carbonyl (C=O) groups excluding carboxylic acids is 1. The number of nitrogens with one attached hydrogen (secondary N) is 1. The van der Waals surface area contributed by atoms with E-state index in [2.05, 4.69) is 10.3 Å². The van der Waals surface area contributed by atoms with Crippen LogP contribution < -0.4 is 11.1 Å². The average molecular weight is 303 g/mol. The molecule has 0 aliphatic heterocycles. The van der Waals surface area contributed by atoms with Crippen molar-refractivity contribution >= 4 is 33.5 Å². The van der Waals surface area contributed by atoms with Gasteiger partial charge in [-0.1, -0.05) is 12.1 Å². The van der Waals surface area contributed by atoms with Crippen molar-refractivity contribution in [2.24, 2.45) is 0 Å². The maximum atomic E-state index is 12.3. The second kappa shape index (κ2) is 5.17. The van der Waals surface area contributed by atoms with Crippen molar-refractivity contribution in [1.82, 2.24) is 9.55 Å². The van der Waals surface area contributed by atoms with Gasteiger partial charge in [0, 0.05) is 5.38 Å². The Balaban J connectivity index is 1.93. The highest BCUT2D eigenvalue weighted by Crippen LogP contribution is 2.19. The molecule has 1 unspecified atom stereocenters. The van der Waals surface area contributed by atoms with E-state index in [4.69, 9.17) is 4.42 Å². The van der Waals surface area contributed by atoms with Gasteiger partial charge in [0.2, 0.25) is 5.91 Å². The molecule has 2 aromatic heterocycles. The summed E-state index contributed by atoms with van der Waals surface area (Å²) < 4.78 is 6.48. The van der Waals surface area contributed by atoms with Gasteiger partial charge in [-0.05, 0) is 26.0 Å². The molecule has 1 aromatic carbocycles. The van der Waals surface area contributed by atoms with E-state index >= 15 is 0 Å². The minimum Gasteiger partial charge on any atom is -0.408 e. The van der Waals surface area contributed by atoms with Gasteiger partial charge in [0.1, 0.15) is 6.04 Å². The lowest BCUT2D eigenvalue weighted by Gasteiger charge is -2.11. The molecule has 0 saturated carbocycles. The van der Waals surface area contributed by atoms with Crippen molar-refractivity contribution in [3.05, 3.63) is 45.9 Å². The van der Waals surface area contributed by atoms with Crippen LogP contribution in [0.3, 0.4) is 0 Å². The number of hydrogen-bond acceptors (Lipinski definition) is 5. The van der Waals surface area contributed by atoms with Crippen molar-refractivity contribution in [2.75, 3.05) is 5.32 Å². The third-order valence-corrected chi connectivity index (χ3v) is 4.01. The van der Waals surface area contributed by atoms with Gasteiger partial charge in [0.25, 0.3) is 0 Å². The maximum absolute atomic E-state index is 12.3. The summed E-state index contributed by atoms with van der Waals surface area (Å²) in [5.74, 6) is -0.854. The Morgan fingerprint density at radius 1 is 1.43 bits per heavy atom. The smallest absolute Gasteiger partial charge is 0.408 e. The van der Waals surface area contributed by atoms with E-state index in [9.17, 15) is 9.59 Å². The van der Waals surface area contributed by atoms with Crippen LogP contribution in [0.25, 0.3) is 11.1 Å². The summed E-state index contributed by atoms with van der Waals surface area (Å²) in [6.45, 7) is 3.50. The van der Waals surface area contributed by atoms with E-state index in [0.717, 1.165) is 5.69 Å². The normalized spacial score (nSPS) is 12.5. The number of benzene rings is 1. The summed E-state index contributed by atoms with van der Waals surface area (Å²) >= 11 is 1.35. The molecule has 1 amide bonds. The van der Waals surface area contributed by atoms with Crippen LogP contribution in [-0.4, -0.2) is 15.5 Å². The predicted molar refractivity (Wildman–Crippen MR) is 80.7 cm³/mol. The summed E-state index contributed by atoms with van der Waals surface area (Å²) in [6, 6.07) is 6.33. The summed E-state index contributed by atoms with van der Waals surface area (Å²) in [6.07, 6.45) is 0. The number of amides is 1. The minimum absolute atomic E-state index is 0.307. The molecular formula is C14H13N3O3S. The average Bonchev–Trinajstić information content (AvgIpc) is 3.00. The maximum Gasteiger partial charge on any atom is 0.420 e. The number of hydrogen-bond donors (Lipinski definition) is 1. The Hall–Kier alpha value is -2.41. The third-order valence-electron chi connectivity index (χ3n) is 3.13. The molecule has 21 heavy (non-hydrogen) atoms. The second-order valence-electron chi connectivity index (χ2n) is 4.66. The highest BCUT2D eigenvalue weighted by atomic mass is 32.1. The van der Waals surface area contributed by atoms with Crippen molar-refractivity contribution in [3.8, 4) is 0 Å². The molecule has 3 aromatic rings. The number of fused-ring (bicyclic) bond motifs is 1. The summed E-state index contributed by atoms with van der Waals surface area (Å²) in [5, 5.41) is 5.08. The second-order valence-corrected chi connectivity index (χ2v) is 5.52. The molecular weight excluding hydrogens is 290 g/mol. The van der Waals surface area contributed by atoms with Gasteiger partial charge in [-0.3, -0.25) is 9.36 Å². The fraction of sp³-hybridized carbons (Fsp3) is 0.214. The number of thiazole rings is 1. The quantitative estimate of drug-likeness (QED) is 0.806. The number of aryl methyl sites for hydroxylation is 1. The molecule has 1 N–H and O–H groups in total. The van der Waals surface area contributed by atoms with Crippen molar-refractivity contribution in [3.63, 3.8) is 0 Å². The van der Waals surface area contributed by atoms with Gasteiger partial charge in [0.05, 0.1) is 11.2 Å². The molecule has 2 heterocycles. The topological polar surface area (TPSA) is 77.1 Å². The molecule has 6 nitrogen and oxygen atoms in total. The van der Waals surface area contributed by atoms with Gasteiger partial charge >= 0.3 is 5.76 Å². The number of aromatic nitrogens is 2. The van der Waals surface area contributed by atoms with E-state index in [-0.39, 0.29) is 5.91 Å². The summed E-state index contributed by atoms with van der Waals surface area (Å²) in [7, 11) is 0. The fourth-order valence-corrected chi connectivity index (χ4v) is 2.78. The van der Waals surface area contributed by atoms with Crippen molar-refractivity contribution in [1.29, 1.82) is 0 Å². The van der Waals surface area contributed by atoms with E-state index in [1.54, 1.807) is 31.2 Å². The zero-order valence-electron chi connectivity index (χ0n) is 11.5. The van der Waals surface area contributed by atoms with E-state index < -0.39 is 11.8 Å². The van der Waals surface area contributed by atoms with Crippen LogP contribution in [-0.2, 0) is 4.79 Å². The molecule has 0 spiro atoms. The highest BCUT2D eigenvalue weighted by molar-refractivity contribution is 7.13. The van der Waals surface area contributed by atoms with E-state index in [1.807, 2.05) is 12.3 Å². The molecule has 0 radical (unpaired) electrons. The number of anilines is 1. The molecule has 1 atom stereocenters. The molecule has 0 saturated heterocycles. The summed E-state index contributed by atoms with van der Waals surface area (Å²) in [5.41, 5.74) is 1.90. The van der Waals surface area contributed by atoms with Crippen LogP contribution in [0, 0.1) is 6.92 Å². The first-order chi connectivity index (χ1) is 10.1. The van der Waals surface area contributed by atoms with Crippen LogP contribution in [0.15, 0.2) is 38.9 Å². The highest BCUT2D eigenvalue weighted by Gasteiger charge is 2.21. The molecule has 0 bridgehead atoms. The molecule has 0 fully saturated rings. The first-order valence-corrected chi connectivity index (χ1v) is 7.27.